The largest absolute Gasteiger partial charge is 0.508 e. The Bertz CT molecular complexity index is 468. The summed E-state index contributed by atoms with van der Waals surface area (Å²) >= 11 is 0. The van der Waals surface area contributed by atoms with Crippen molar-refractivity contribution < 1.29 is 29.6 Å². The fourth-order valence-electron chi connectivity index (χ4n) is 1.57. The smallest absolute Gasteiger partial charge is 0.337 e. The average Bonchev–Trinajstić information content (AvgIpc) is 2.36. The van der Waals surface area contributed by atoms with E-state index in [0.717, 1.165) is 0 Å². The number of aliphatic hydroxyl groups excluding tert-OH is 1. The highest BCUT2D eigenvalue weighted by Crippen LogP contribution is 2.24. The number of aliphatic hydroxyl groups is 1. The first-order valence-electron chi connectivity index (χ1n) is 5.84. The molecular formula is C13H16O6. The zero-order chi connectivity index (χ0) is 14.4. The maximum Gasteiger partial charge on any atom is 0.337 e. The van der Waals surface area contributed by atoms with Crippen LogP contribution in [0.1, 0.15) is 30.6 Å². The number of carbonyl (C=O) groups is 2. The number of rotatable bonds is 6. The molecule has 1 unspecified atom stereocenters. The minimum absolute atomic E-state index is 0.0879. The molecule has 104 valence electrons. The van der Waals surface area contributed by atoms with Gasteiger partial charge in [0.15, 0.2) is 6.10 Å². The second-order valence-electron chi connectivity index (χ2n) is 3.93. The molecule has 0 amide bonds. The highest BCUT2D eigenvalue weighted by atomic mass is 16.5. The zero-order valence-corrected chi connectivity index (χ0v) is 10.5. The van der Waals surface area contributed by atoms with E-state index in [1.165, 1.54) is 18.2 Å². The lowest BCUT2D eigenvalue weighted by atomic mass is 10.0. The number of benzene rings is 1. The lowest BCUT2D eigenvalue weighted by molar-refractivity contribution is -0.147. The Morgan fingerprint density at radius 3 is 2.58 bits per heavy atom. The van der Waals surface area contributed by atoms with Gasteiger partial charge >= 0.3 is 11.9 Å². The number of phenolic OH excluding ortho intramolecular Hbond substituents is 1. The van der Waals surface area contributed by atoms with Crippen LogP contribution in [-0.4, -0.2) is 33.9 Å². The third-order valence-corrected chi connectivity index (χ3v) is 2.56. The molecule has 1 aromatic rings. The quantitative estimate of drug-likeness (QED) is 0.665. The van der Waals surface area contributed by atoms with Crippen molar-refractivity contribution >= 4 is 11.9 Å². The van der Waals surface area contributed by atoms with Crippen LogP contribution in [0.2, 0.25) is 0 Å². The maximum atomic E-state index is 11.2. The molecule has 6 heteroatoms. The SMILES string of the molecule is CCOC(=O)CCc1ccc(C(O)C(=O)O)cc1O. The van der Waals surface area contributed by atoms with E-state index in [9.17, 15) is 19.8 Å². The lowest BCUT2D eigenvalue weighted by Crippen LogP contribution is -2.10. The molecule has 0 aliphatic rings. The van der Waals surface area contributed by atoms with Gasteiger partial charge in [0.25, 0.3) is 0 Å². The number of hydrogen-bond donors (Lipinski definition) is 3. The fraction of sp³-hybridized carbons (Fsp3) is 0.385. The molecule has 0 saturated carbocycles. The van der Waals surface area contributed by atoms with Gasteiger partial charge < -0.3 is 20.1 Å². The van der Waals surface area contributed by atoms with Crippen molar-refractivity contribution in [3.05, 3.63) is 29.3 Å². The van der Waals surface area contributed by atoms with Crippen molar-refractivity contribution in [1.82, 2.24) is 0 Å². The molecular weight excluding hydrogens is 252 g/mol. The van der Waals surface area contributed by atoms with Crippen molar-refractivity contribution in [2.24, 2.45) is 0 Å². The van der Waals surface area contributed by atoms with Crippen LogP contribution in [0.4, 0.5) is 0 Å². The number of ether oxygens (including phenoxy) is 1. The Morgan fingerprint density at radius 1 is 1.37 bits per heavy atom. The molecule has 1 atom stereocenters. The van der Waals surface area contributed by atoms with Gasteiger partial charge in [-0.15, -0.1) is 0 Å². The van der Waals surface area contributed by atoms with Crippen molar-refractivity contribution in [2.45, 2.75) is 25.9 Å². The first-order valence-corrected chi connectivity index (χ1v) is 5.84. The molecule has 0 radical (unpaired) electrons. The van der Waals surface area contributed by atoms with Crippen LogP contribution in [0.15, 0.2) is 18.2 Å². The molecule has 1 rings (SSSR count). The lowest BCUT2D eigenvalue weighted by Gasteiger charge is -2.09. The van der Waals surface area contributed by atoms with Crippen LogP contribution >= 0.6 is 0 Å². The van der Waals surface area contributed by atoms with Crippen molar-refractivity contribution in [3.63, 3.8) is 0 Å². The van der Waals surface area contributed by atoms with Gasteiger partial charge in [-0.2, -0.15) is 0 Å². The minimum Gasteiger partial charge on any atom is -0.508 e. The zero-order valence-electron chi connectivity index (χ0n) is 10.5. The van der Waals surface area contributed by atoms with E-state index in [1.54, 1.807) is 6.92 Å². The summed E-state index contributed by atoms with van der Waals surface area (Å²) < 4.78 is 4.76. The van der Waals surface area contributed by atoms with Gasteiger partial charge in [-0.05, 0) is 30.5 Å². The summed E-state index contributed by atoms with van der Waals surface area (Å²) in [4.78, 5) is 21.8. The van der Waals surface area contributed by atoms with Gasteiger partial charge in [-0.1, -0.05) is 12.1 Å². The number of aromatic hydroxyl groups is 1. The molecule has 19 heavy (non-hydrogen) atoms. The van der Waals surface area contributed by atoms with E-state index >= 15 is 0 Å². The number of carboxylic acid groups (broad SMARTS) is 1. The number of aryl methyl sites for hydroxylation is 1. The monoisotopic (exact) mass is 268 g/mol. The van der Waals surface area contributed by atoms with Gasteiger partial charge in [0.1, 0.15) is 5.75 Å². The predicted molar refractivity (Wildman–Crippen MR) is 65.7 cm³/mol. The summed E-state index contributed by atoms with van der Waals surface area (Å²) in [5.74, 6) is -1.91. The molecule has 0 aliphatic carbocycles. The number of phenols is 1. The Kier molecular flexibility index (Phi) is 5.32. The highest BCUT2D eigenvalue weighted by molar-refractivity contribution is 5.74. The van der Waals surface area contributed by atoms with Gasteiger partial charge in [0, 0.05) is 6.42 Å². The molecule has 1 aromatic carbocycles. The van der Waals surface area contributed by atoms with Gasteiger partial charge in [0.2, 0.25) is 0 Å². The molecule has 0 heterocycles. The predicted octanol–water partition coefficient (Wildman–Crippen LogP) is 1.01. The normalized spacial score (nSPS) is 11.9. The van der Waals surface area contributed by atoms with E-state index in [1.807, 2.05) is 0 Å². The molecule has 6 nitrogen and oxygen atoms in total. The van der Waals surface area contributed by atoms with Crippen molar-refractivity contribution in [1.29, 1.82) is 0 Å². The van der Waals surface area contributed by atoms with Crippen LogP contribution in [0.3, 0.4) is 0 Å². The summed E-state index contributed by atoms with van der Waals surface area (Å²) in [5, 5.41) is 27.7. The first-order chi connectivity index (χ1) is 8.95. The maximum absolute atomic E-state index is 11.2. The number of hydrogen-bond acceptors (Lipinski definition) is 5. The second-order valence-corrected chi connectivity index (χ2v) is 3.93. The van der Waals surface area contributed by atoms with E-state index in [-0.39, 0.29) is 30.1 Å². The third kappa shape index (κ3) is 4.26. The topological polar surface area (TPSA) is 104 Å². The van der Waals surface area contributed by atoms with Crippen LogP contribution in [0.25, 0.3) is 0 Å². The van der Waals surface area contributed by atoms with Crippen molar-refractivity contribution in [3.8, 4) is 5.75 Å². The van der Waals surface area contributed by atoms with Crippen LogP contribution in [0, 0.1) is 0 Å². The summed E-state index contributed by atoms with van der Waals surface area (Å²) in [6, 6.07) is 4.06. The Hall–Kier alpha value is -2.08. The molecule has 0 spiro atoms. The third-order valence-electron chi connectivity index (χ3n) is 2.56. The standard InChI is InChI=1S/C13H16O6/c1-2-19-11(15)6-5-8-3-4-9(7-10(8)14)12(16)13(17)18/h3-4,7,12,14,16H,2,5-6H2,1H3,(H,17,18). The van der Waals surface area contributed by atoms with Crippen molar-refractivity contribution in [2.75, 3.05) is 6.61 Å². The molecule has 0 aromatic heterocycles. The summed E-state index contributed by atoms with van der Waals surface area (Å²) in [7, 11) is 0. The highest BCUT2D eigenvalue weighted by Gasteiger charge is 2.17. The molecule has 0 aliphatic heterocycles. The second kappa shape index (κ2) is 6.75. The molecule has 3 N–H and O–H groups in total. The van der Waals surface area contributed by atoms with Gasteiger partial charge in [-0.25, -0.2) is 4.79 Å². The molecule has 0 bridgehead atoms. The molecule has 0 fully saturated rings. The van der Waals surface area contributed by atoms with Gasteiger partial charge in [0.05, 0.1) is 6.61 Å². The van der Waals surface area contributed by atoms with Gasteiger partial charge in [-0.3, -0.25) is 4.79 Å². The van der Waals surface area contributed by atoms with E-state index in [4.69, 9.17) is 9.84 Å². The Labute approximate surface area is 110 Å². The summed E-state index contributed by atoms with van der Waals surface area (Å²) in [5.41, 5.74) is 0.583. The Morgan fingerprint density at radius 2 is 2.05 bits per heavy atom. The average molecular weight is 268 g/mol. The number of aliphatic carboxylic acids is 1. The minimum atomic E-state index is -1.68. The number of carbonyl (C=O) groups excluding carboxylic acids is 1. The van der Waals surface area contributed by atoms with E-state index < -0.39 is 12.1 Å². The summed E-state index contributed by atoms with van der Waals surface area (Å²) in [6.45, 7) is 2.01. The fourth-order valence-corrected chi connectivity index (χ4v) is 1.57. The first kappa shape index (κ1) is 15.0. The summed E-state index contributed by atoms with van der Waals surface area (Å²) in [6.07, 6.45) is -1.26. The van der Waals surface area contributed by atoms with E-state index in [2.05, 4.69) is 0 Å². The van der Waals surface area contributed by atoms with Crippen LogP contribution < -0.4 is 0 Å². The number of esters is 1. The molecule has 0 saturated heterocycles. The van der Waals surface area contributed by atoms with Crippen LogP contribution in [-0.2, 0) is 20.7 Å². The van der Waals surface area contributed by atoms with E-state index in [0.29, 0.717) is 12.2 Å². The van der Waals surface area contributed by atoms with Crippen LogP contribution in [0.5, 0.6) is 5.75 Å². The number of carboxylic acids is 1. The Balaban J connectivity index is 2.72.